The number of anilines is 1. The van der Waals surface area contributed by atoms with Crippen molar-refractivity contribution in [2.24, 2.45) is 0 Å². The average molecular weight is 329 g/mol. The molecule has 2 aromatic rings. The molecule has 6 heteroatoms. The van der Waals surface area contributed by atoms with Gasteiger partial charge in [-0.1, -0.05) is 24.8 Å². The highest BCUT2D eigenvalue weighted by atomic mass is 32.2. The molecule has 1 amide bonds. The lowest BCUT2D eigenvalue weighted by Crippen LogP contribution is -2.21. The van der Waals surface area contributed by atoms with Crippen molar-refractivity contribution in [2.45, 2.75) is 24.3 Å². The zero-order chi connectivity index (χ0) is 16.4. The summed E-state index contributed by atoms with van der Waals surface area (Å²) >= 11 is 1.62. The molecular weight excluding hydrogens is 310 g/mol. The molecule has 0 saturated heterocycles. The Morgan fingerprint density at radius 2 is 2.13 bits per heavy atom. The number of hydrogen-bond donors (Lipinski definition) is 2. The topological polar surface area (TPSA) is 67.0 Å². The van der Waals surface area contributed by atoms with Crippen LogP contribution in [0.5, 0.6) is 5.75 Å². The third kappa shape index (κ3) is 3.12. The van der Waals surface area contributed by atoms with Gasteiger partial charge in [-0.15, -0.1) is 11.8 Å². The summed E-state index contributed by atoms with van der Waals surface area (Å²) < 4.78 is 5.53. The van der Waals surface area contributed by atoms with Gasteiger partial charge in [0, 0.05) is 11.3 Å². The van der Waals surface area contributed by atoms with Gasteiger partial charge in [-0.05, 0) is 31.5 Å². The molecule has 1 aromatic carbocycles. The number of benzene rings is 1. The van der Waals surface area contributed by atoms with E-state index < -0.39 is 0 Å². The second-order valence-corrected chi connectivity index (χ2v) is 6.88. The summed E-state index contributed by atoms with van der Waals surface area (Å²) in [5.74, 6) is 1.41. The third-order valence-electron chi connectivity index (χ3n) is 3.76. The normalized spacial score (nSPS) is 20.3. The number of aromatic nitrogens is 2. The van der Waals surface area contributed by atoms with E-state index in [9.17, 15) is 4.79 Å². The Kier molecular flexibility index (Phi) is 4.43. The smallest absolute Gasteiger partial charge is 0.238 e. The van der Waals surface area contributed by atoms with E-state index in [4.69, 9.17) is 4.74 Å². The molecule has 1 aliphatic heterocycles. The Morgan fingerprint density at radius 3 is 2.83 bits per heavy atom. The van der Waals surface area contributed by atoms with Gasteiger partial charge in [0.05, 0.1) is 10.5 Å². The molecule has 0 unspecified atom stereocenters. The van der Waals surface area contributed by atoms with Crippen molar-refractivity contribution in [1.82, 2.24) is 10.2 Å². The SMILES string of the molecule is C=CCOc1ccc([C@@H]2S[C@H](C)C(=O)Nc3n[nH]c(C)c32)cc1. The molecule has 0 fully saturated rings. The zero-order valence-corrected chi connectivity index (χ0v) is 13.9. The number of aromatic amines is 1. The van der Waals surface area contributed by atoms with Gasteiger partial charge in [0.1, 0.15) is 12.4 Å². The van der Waals surface area contributed by atoms with Gasteiger partial charge in [0.2, 0.25) is 5.91 Å². The summed E-state index contributed by atoms with van der Waals surface area (Å²) in [5, 5.41) is 9.99. The Hall–Kier alpha value is -2.21. The van der Waals surface area contributed by atoms with E-state index in [1.165, 1.54) is 0 Å². The number of carbonyl (C=O) groups is 1. The molecule has 0 bridgehead atoms. The molecule has 23 heavy (non-hydrogen) atoms. The van der Waals surface area contributed by atoms with Crippen molar-refractivity contribution in [1.29, 1.82) is 0 Å². The number of rotatable bonds is 4. The molecule has 3 rings (SSSR count). The molecule has 1 aromatic heterocycles. The standard InChI is InChI=1S/C17H19N3O2S/c1-4-9-22-13-7-5-12(6-8-13)15-14-10(2)19-20-16(14)18-17(21)11(3)23-15/h4-8,11,15H,1,9H2,2-3H3,(H2,18,19,20,21)/t11-,15+/m1/s1. The average Bonchev–Trinajstić information content (AvgIpc) is 2.85. The summed E-state index contributed by atoms with van der Waals surface area (Å²) in [5.41, 5.74) is 3.13. The third-order valence-corrected chi connectivity index (χ3v) is 5.16. The molecule has 2 atom stereocenters. The second-order valence-electron chi connectivity index (χ2n) is 5.43. The van der Waals surface area contributed by atoms with Crippen LogP contribution in [0.1, 0.15) is 29.0 Å². The number of hydrogen-bond acceptors (Lipinski definition) is 4. The fourth-order valence-electron chi connectivity index (χ4n) is 2.55. The lowest BCUT2D eigenvalue weighted by Gasteiger charge is -2.18. The molecule has 5 nitrogen and oxygen atoms in total. The van der Waals surface area contributed by atoms with Crippen molar-refractivity contribution in [3.8, 4) is 5.75 Å². The van der Waals surface area contributed by atoms with E-state index >= 15 is 0 Å². The van der Waals surface area contributed by atoms with Crippen LogP contribution in [0.15, 0.2) is 36.9 Å². The first-order chi connectivity index (χ1) is 11.1. The summed E-state index contributed by atoms with van der Waals surface area (Å²) in [6.45, 7) is 8.02. The molecule has 0 saturated carbocycles. The van der Waals surface area contributed by atoms with Crippen LogP contribution in [-0.4, -0.2) is 28.0 Å². The molecule has 2 N–H and O–H groups in total. The maximum absolute atomic E-state index is 12.1. The number of thioether (sulfide) groups is 1. The van der Waals surface area contributed by atoms with Crippen LogP contribution >= 0.6 is 11.8 Å². The highest BCUT2D eigenvalue weighted by Crippen LogP contribution is 2.44. The molecule has 1 aliphatic rings. The van der Waals surface area contributed by atoms with Crippen LogP contribution in [-0.2, 0) is 4.79 Å². The van der Waals surface area contributed by atoms with Crippen molar-refractivity contribution < 1.29 is 9.53 Å². The van der Waals surface area contributed by atoms with Crippen LogP contribution < -0.4 is 10.1 Å². The lowest BCUT2D eigenvalue weighted by atomic mass is 10.0. The van der Waals surface area contributed by atoms with Gasteiger partial charge >= 0.3 is 0 Å². The van der Waals surface area contributed by atoms with E-state index in [1.54, 1.807) is 17.8 Å². The molecule has 0 radical (unpaired) electrons. The first-order valence-electron chi connectivity index (χ1n) is 7.45. The van der Waals surface area contributed by atoms with E-state index in [0.29, 0.717) is 12.4 Å². The Balaban J connectivity index is 1.95. The number of nitrogens with zero attached hydrogens (tertiary/aromatic N) is 1. The lowest BCUT2D eigenvalue weighted by molar-refractivity contribution is -0.115. The Morgan fingerprint density at radius 1 is 1.39 bits per heavy atom. The van der Waals surface area contributed by atoms with Gasteiger partial charge in [0.25, 0.3) is 0 Å². The second kappa shape index (κ2) is 6.50. The van der Waals surface area contributed by atoms with E-state index in [2.05, 4.69) is 22.1 Å². The molecule has 0 spiro atoms. The van der Waals surface area contributed by atoms with Gasteiger partial charge in [-0.3, -0.25) is 9.89 Å². The van der Waals surface area contributed by atoms with Crippen LogP contribution in [0.2, 0.25) is 0 Å². The fraction of sp³-hybridized carbons (Fsp3) is 0.294. The van der Waals surface area contributed by atoms with Crippen molar-refractivity contribution in [3.63, 3.8) is 0 Å². The van der Waals surface area contributed by atoms with Crippen LogP contribution in [0, 0.1) is 6.92 Å². The largest absolute Gasteiger partial charge is 0.490 e. The van der Waals surface area contributed by atoms with Gasteiger partial charge in [-0.25, -0.2) is 0 Å². The highest BCUT2D eigenvalue weighted by molar-refractivity contribution is 8.01. The first-order valence-corrected chi connectivity index (χ1v) is 8.39. The van der Waals surface area contributed by atoms with Crippen LogP contribution in [0.4, 0.5) is 5.82 Å². The van der Waals surface area contributed by atoms with Gasteiger partial charge in [-0.2, -0.15) is 5.10 Å². The molecule has 2 heterocycles. The molecule has 0 aliphatic carbocycles. The zero-order valence-electron chi connectivity index (χ0n) is 13.1. The number of nitrogens with one attached hydrogen (secondary N) is 2. The van der Waals surface area contributed by atoms with Gasteiger partial charge in [0.15, 0.2) is 5.82 Å². The summed E-state index contributed by atoms with van der Waals surface area (Å²) in [4.78, 5) is 12.1. The number of fused-ring (bicyclic) bond motifs is 1. The van der Waals surface area contributed by atoms with E-state index in [0.717, 1.165) is 22.6 Å². The molecular formula is C17H19N3O2S. The number of aryl methyl sites for hydroxylation is 1. The number of H-pyrrole nitrogens is 1. The Labute approximate surface area is 139 Å². The minimum absolute atomic E-state index is 0.0174. The summed E-state index contributed by atoms with van der Waals surface area (Å²) in [6.07, 6.45) is 1.72. The fourth-order valence-corrected chi connectivity index (χ4v) is 3.87. The number of carbonyl (C=O) groups excluding carboxylic acids is 1. The monoisotopic (exact) mass is 329 g/mol. The Bertz CT molecular complexity index is 724. The first kappa shape index (κ1) is 15.7. The predicted octanol–water partition coefficient (Wildman–Crippen LogP) is 3.45. The van der Waals surface area contributed by atoms with Crippen LogP contribution in [0.3, 0.4) is 0 Å². The van der Waals surface area contributed by atoms with Crippen molar-refractivity contribution in [3.05, 3.63) is 53.7 Å². The van der Waals surface area contributed by atoms with Gasteiger partial charge < -0.3 is 10.1 Å². The van der Waals surface area contributed by atoms with E-state index in [1.807, 2.05) is 38.1 Å². The summed E-state index contributed by atoms with van der Waals surface area (Å²) in [7, 11) is 0. The predicted molar refractivity (Wildman–Crippen MR) is 93.0 cm³/mol. The van der Waals surface area contributed by atoms with E-state index in [-0.39, 0.29) is 16.4 Å². The van der Waals surface area contributed by atoms with Crippen molar-refractivity contribution >= 4 is 23.5 Å². The number of amides is 1. The minimum atomic E-state index is -0.148. The van der Waals surface area contributed by atoms with Crippen molar-refractivity contribution in [2.75, 3.05) is 11.9 Å². The number of ether oxygens (including phenoxy) is 1. The minimum Gasteiger partial charge on any atom is -0.490 e. The summed E-state index contributed by atoms with van der Waals surface area (Å²) in [6, 6.07) is 7.96. The maximum Gasteiger partial charge on any atom is 0.238 e. The maximum atomic E-state index is 12.1. The quantitative estimate of drug-likeness (QED) is 0.843. The highest BCUT2D eigenvalue weighted by Gasteiger charge is 2.32. The molecule has 120 valence electrons. The van der Waals surface area contributed by atoms with Crippen LogP contribution in [0.25, 0.3) is 0 Å².